The number of hydrogen-bond acceptors (Lipinski definition) is 4. The van der Waals surface area contributed by atoms with E-state index >= 15 is 0 Å². The van der Waals surface area contributed by atoms with Crippen molar-refractivity contribution >= 4 is 38.8 Å². The Labute approximate surface area is 128 Å². The Kier molecular flexibility index (Phi) is 4.06. The summed E-state index contributed by atoms with van der Waals surface area (Å²) in [5.74, 6) is -1.94. The molecule has 1 amide bonds. The van der Waals surface area contributed by atoms with E-state index in [1.54, 1.807) is 6.07 Å². The Balaban J connectivity index is 2.21. The van der Waals surface area contributed by atoms with Gasteiger partial charge in [-0.15, -0.1) is 0 Å². The van der Waals surface area contributed by atoms with Crippen LogP contribution in [0.2, 0.25) is 0 Å². The number of hydrogen-bond donors (Lipinski definition) is 3. The van der Waals surface area contributed by atoms with Crippen molar-refractivity contribution in [2.45, 2.75) is 19.4 Å². The predicted molar refractivity (Wildman–Crippen MR) is 79.2 cm³/mol. The molecule has 1 aromatic carbocycles. The molecule has 112 valence electrons. The van der Waals surface area contributed by atoms with Gasteiger partial charge in [0, 0.05) is 5.39 Å². The van der Waals surface area contributed by atoms with Gasteiger partial charge in [-0.3, -0.25) is 4.79 Å². The molecule has 1 heterocycles. The van der Waals surface area contributed by atoms with Crippen LogP contribution in [0, 0.1) is 6.92 Å². The zero-order valence-electron chi connectivity index (χ0n) is 11.4. The maximum atomic E-state index is 12.0. The van der Waals surface area contributed by atoms with E-state index in [4.69, 9.17) is 9.52 Å². The number of aliphatic hydroxyl groups is 1. The summed E-state index contributed by atoms with van der Waals surface area (Å²) in [6.07, 6.45) is 0. The van der Waals surface area contributed by atoms with Gasteiger partial charge in [-0.25, -0.2) is 4.79 Å². The molecule has 0 bridgehead atoms. The van der Waals surface area contributed by atoms with Gasteiger partial charge in [-0.1, -0.05) is 0 Å². The first kappa shape index (κ1) is 15.5. The first-order chi connectivity index (χ1) is 9.70. The van der Waals surface area contributed by atoms with E-state index in [0.717, 1.165) is 22.3 Å². The minimum absolute atomic E-state index is 0.0532. The van der Waals surface area contributed by atoms with Crippen LogP contribution in [0.1, 0.15) is 23.0 Å². The van der Waals surface area contributed by atoms with Gasteiger partial charge >= 0.3 is 5.97 Å². The Morgan fingerprint density at radius 3 is 2.67 bits per heavy atom. The van der Waals surface area contributed by atoms with Crippen molar-refractivity contribution in [3.63, 3.8) is 0 Å². The average molecular weight is 356 g/mol. The molecule has 7 heteroatoms. The minimum Gasteiger partial charge on any atom is -0.479 e. The number of aliphatic carboxylic acids is 1. The highest BCUT2D eigenvalue weighted by Gasteiger charge is 2.30. The summed E-state index contributed by atoms with van der Waals surface area (Å²) in [6.45, 7) is 2.60. The van der Waals surface area contributed by atoms with Gasteiger partial charge < -0.3 is 19.9 Å². The number of furan rings is 1. The molecule has 0 aliphatic carbocycles. The largest absolute Gasteiger partial charge is 0.479 e. The normalized spacial score (nSPS) is 13.9. The number of amides is 1. The molecule has 0 radical (unpaired) electrons. The van der Waals surface area contributed by atoms with Crippen LogP contribution in [0.4, 0.5) is 0 Å². The molecule has 1 aromatic heterocycles. The fourth-order valence-corrected chi connectivity index (χ4v) is 2.45. The summed E-state index contributed by atoms with van der Waals surface area (Å²) in [7, 11) is 0. The lowest BCUT2D eigenvalue weighted by atomic mass is 10.1. The minimum atomic E-state index is -2.03. The van der Waals surface area contributed by atoms with Crippen molar-refractivity contribution in [3.8, 4) is 0 Å². The number of fused-ring (bicyclic) bond motifs is 1. The number of halogens is 1. The highest BCUT2D eigenvalue weighted by molar-refractivity contribution is 9.10. The van der Waals surface area contributed by atoms with Crippen LogP contribution >= 0.6 is 15.9 Å². The Hall–Kier alpha value is -1.86. The molecule has 1 atom stereocenters. The third-order valence-electron chi connectivity index (χ3n) is 2.99. The van der Waals surface area contributed by atoms with Crippen molar-refractivity contribution in [1.82, 2.24) is 5.32 Å². The van der Waals surface area contributed by atoms with E-state index in [9.17, 15) is 14.7 Å². The van der Waals surface area contributed by atoms with Gasteiger partial charge in [0.15, 0.2) is 11.4 Å². The quantitative estimate of drug-likeness (QED) is 0.779. The van der Waals surface area contributed by atoms with Gasteiger partial charge in [0.1, 0.15) is 5.58 Å². The third kappa shape index (κ3) is 3.25. The van der Waals surface area contributed by atoms with Crippen LogP contribution in [-0.4, -0.2) is 34.2 Å². The van der Waals surface area contributed by atoms with Crippen LogP contribution in [0.25, 0.3) is 11.0 Å². The lowest BCUT2D eigenvalue weighted by Crippen LogP contribution is -2.46. The van der Waals surface area contributed by atoms with Gasteiger partial charge in [0.2, 0.25) is 0 Å². The van der Waals surface area contributed by atoms with E-state index in [2.05, 4.69) is 21.2 Å². The highest BCUT2D eigenvalue weighted by Crippen LogP contribution is 2.28. The Morgan fingerprint density at radius 1 is 1.38 bits per heavy atom. The molecule has 21 heavy (non-hydrogen) atoms. The van der Waals surface area contributed by atoms with Crippen LogP contribution in [-0.2, 0) is 4.79 Å². The van der Waals surface area contributed by atoms with Crippen molar-refractivity contribution in [2.75, 3.05) is 6.54 Å². The van der Waals surface area contributed by atoms with Crippen LogP contribution < -0.4 is 5.32 Å². The van der Waals surface area contributed by atoms with Crippen LogP contribution in [0.3, 0.4) is 0 Å². The number of carboxylic acids is 1. The molecular formula is C14H14BrNO5. The zero-order chi connectivity index (χ0) is 15.8. The summed E-state index contributed by atoms with van der Waals surface area (Å²) >= 11 is 3.36. The molecule has 3 N–H and O–H groups in total. The van der Waals surface area contributed by atoms with Gasteiger partial charge in [0.25, 0.3) is 5.91 Å². The number of carbonyl (C=O) groups excluding carboxylic acids is 1. The number of rotatable bonds is 4. The number of carbonyl (C=O) groups is 2. The van der Waals surface area contributed by atoms with Crippen molar-refractivity contribution in [2.24, 2.45) is 0 Å². The number of nitrogens with one attached hydrogen (secondary N) is 1. The fraction of sp³-hybridized carbons (Fsp3) is 0.286. The summed E-state index contributed by atoms with van der Waals surface area (Å²) in [5.41, 5.74) is -0.481. The Bertz CT molecular complexity index is 719. The second kappa shape index (κ2) is 5.50. The lowest BCUT2D eigenvalue weighted by molar-refractivity contribution is -0.155. The van der Waals surface area contributed by atoms with E-state index in [1.807, 2.05) is 19.1 Å². The average Bonchev–Trinajstić information content (AvgIpc) is 2.80. The number of aryl methyl sites for hydroxylation is 1. The number of benzene rings is 1. The monoisotopic (exact) mass is 355 g/mol. The van der Waals surface area contributed by atoms with Crippen LogP contribution in [0.15, 0.2) is 27.1 Å². The van der Waals surface area contributed by atoms with E-state index in [-0.39, 0.29) is 5.76 Å². The molecule has 0 saturated carbocycles. The molecule has 0 aliphatic heterocycles. The summed E-state index contributed by atoms with van der Waals surface area (Å²) < 4.78 is 6.18. The smallest absolute Gasteiger partial charge is 0.337 e. The van der Waals surface area contributed by atoms with Crippen molar-refractivity contribution in [3.05, 3.63) is 34.0 Å². The fourth-order valence-electron chi connectivity index (χ4n) is 1.78. The number of carboxylic acid groups (broad SMARTS) is 1. The first-order valence-electron chi connectivity index (χ1n) is 6.14. The topological polar surface area (TPSA) is 99.8 Å². The molecule has 0 saturated heterocycles. The maximum Gasteiger partial charge on any atom is 0.337 e. The molecule has 2 aromatic rings. The maximum absolute atomic E-state index is 12.0. The van der Waals surface area contributed by atoms with Gasteiger partial charge in [-0.05, 0) is 53.5 Å². The van der Waals surface area contributed by atoms with E-state index < -0.39 is 24.0 Å². The van der Waals surface area contributed by atoms with Gasteiger partial charge in [0.05, 0.1) is 11.0 Å². The van der Waals surface area contributed by atoms with Gasteiger partial charge in [-0.2, -0.15) is 0 Å². The zero-order valence-corrected chi connectivity index (χ0v) is 13.0. The molecular weight excluding hydrogens is 342 g/mol. The summed E-state index contributed by atoms with van der Waals surface area (Å²) in [5, 5.41) is 21.4. The third-order valence-corrected chi connectivity index (χ3v) is 3.58. The second-order valence-corrected chi connectivity index (χ2v) is 5.89. The lowest BCUT2D eigenvalue weighted by Gasteiger charge is -2.17. The molecule has 0 spiro atoms. The van der Waals surface area contributed by atoms with Crippen molar-refractivity contribution in [1.29, 1.82) is 0 Å². The van der Waals surface area contributed by atoms with E-state index in [0.29, 0.717) is 5.58 Å². The molecule has 1 unspecified atom stereocenters. The molecule has 0 aliphatic rings. The molecule has 2 rings (SSSR count). The van der Waals surface area contributed by atoms with Crippen molar-refractivity contribution < 1.29 is 24.2 Å². The predicted octanol–water partition coefficient (Wildman–Crippen LogP) is 2.07. The summed E-state index contributed by atoms with van der Waals surface area (Å²) in [6, 6.07) is 5.30. The second-order valence-electron chi connectivity index (χ2n) is 5.04. The molecule has 0 fully saturated rings. The standard InChI is InChI=1S/C14H14BrNO5/c1-7-3-8-5-10(21-11(8)9(15)4-7)12(17)16-6-14(2,20)13(18)19/h3-5,20H,6H2,1-2H3,(H,16,17)(H,18,19). The Morgan fingerprint density at radius 2 is 2.05 bits per heavy atom. The highest BCUT2D eigenvalue weighted by atomic mass is 79.9. The first-order valence-corrected chi connectivity index (χ1v) is 6.93. The summed E-state index contributed by atoms with van der Waals surface area (Å²) in [4.78, 5) is 22.7. The van der Waals surface area contributed by atoms with E-state index in [1.165, 1.54) is 0 Å². The molecule has 6 nitrogen and oxygen atoms in total. The SMILES string of the molecule is Cc1cc(Br)c2oc(C(=O)NCC(C)(O)C(=O)O)cc2c1. The van der Waals surface area contributed by atoms with Crippen LogP contribution in [0.5, 0.6) is 0 Å².